The van der Waals surface area contributed by atoms with Gasteiger partial charge in [0.25, 0.3) is 0 Å². The van der Waals surface area contributed by atoms with Gasteiger partial charge in [0.05, 0.1) is 11.6 Å². The van der Waals surface area contributed by atoms with Crippen LogP contribution in [-0.4, -0.2) is 30.7 Å². The number of fused-ring (bicyclic) bond motifs is 1. The molecular formula is C11H13Cl2NO2S. The van der Waals surface area contributed by atoms with Crippen molar-refractivity contribution in [3.05, 3.63) is 19.8 Å². The van der Waals surface area contributed by atoms with E-state index in [1.54, 1.807) is 4.90 Å². The molecule has 0 aromatic carbocycles. The highest BCUT2D eigenvalue weighted by molar-refractivity contribution is 7.17. The normalized spacial score (nSPS) is 15.4. The largest absolute Gasteiger partial charge is 0.450 e. The number of ether oxygens (including phenoxy) is 1. The predicted octanol–water partition coefficient (Wildman–Crippen LogP) is 3.61. The van der Waals surface area contributed by atoms with Crippen molar-refractivity contribution in [3.8, 4) is 0 Å². The van der Waals surface area contributed by atoms with Gasteiger partial charge in [-0.1, -0.05) is 23.2 Å². The van der Waals surface area contributed by atoms with Gasteiger partial charge >= 0.3 is 6.09 Å². The molecule has 0 spiro atoms. The van der Waals surface area contributed by atoms with Crippen LogP contribution < -0.4 is 0 Å². The molecule has 0 atom stereocenters. The van der Waals surface area contributed by atoms with Crippen LogP contribution in [0.5, 0.6) is 0 Å². The molecule has 0 unspecified atom stereocenters. The summed E-state index contributed by atoms with van der Waals surface area (Å²) in [7, 11) is 0. The van der Waals surface area contributed by atoms with Crippen molar-refractivity contribution < 1.29 is 9.53 Å². The summed E-state index contributed by atoms with van der Waals surface area (Å²) in [4.78, 5) is 14.5. The summed E-state index contributed by atoms with van der Waals surface area (Å²) in [5.74, 6) is 0. The Balaban J connectivity index is 2.10. The first kappa shape index (κ1) is 13.0. The average Bonchev–Trinajstić information content (AvgIpc) is 2.50. The number of hydrogen-bond donors (Lipinski definition) is 0. The minimum atomic E-state index is -0.245. The molecule has 0 fully saturated rings. The molecule has 1 aromatic rings. The lowest BCUT2D eigenvalue weighted by Gasteiger charge is -2.19. The van der Waals surface area contributed by atoms with Crippen molar-refractivity contribution in [1.29, 1.82) is 0 Å². The quantitative estimate of drug-likeness (QED) is 0.792. The maximum absolute atomic E-state index is 11.6. The van der Waals surface area contributed by atoms with Crippen LogP contribution in [0, 0.1) is 0 Å². The molecule has 1 aliphatic rings. The summed E-state index contributed by atoms with van der Waals surface area (Å²) in [5.41, 5.74) is 1.09. The van der Waals surface area contributed by atoms with Gasteiger partial charge < -0.3 is 9.64 Å². The number of rotatable bonds is 1. The Labute approximate surface area is 114 Å². The van der Waals surface area contributed by atoms with E-state index in [0.29, 0.717) is 29.1 Å². The van der Waals surface area contributed by atoms with Crippen LogP contribution in [0.1, 0.15) is 17.4 Å². The van der Waals surface area contributed by atoms with Crippen LogP contribution in [0.15, 0.2) is 0 Å². The van der Waals surface area contributed by atoms with Crippen molar-refractivity contribution in [3.63, 3.8) is 0 Å². The minimum Gasteiger partial charge on any atom is -0.450 e. The summed E-state index contributed by atoms with van der Waals surface area (Å²) in [5, 5.41) is 0.650. The van der Waals surface area contributed by atoms with Gasteiger partial charge in [-0.3, -0.25) is 0 Å². The Morgan fingerprint density at radius 3 is 2.82 bits per heavy atom. The fourth-order valence-corrected chi connectivity index (χ4v) is 3.62. The third-order valence-corrected chi connectivity index (χ3v) is 4.88. The SMILES string of the molecule is CCOC(=O)N1CCc2sc(Cl)c(Cl)c2CC1. The highest BCUT2D eigenvalue weighted by Gasteiger charge is 2.23. The minimum absolute atomic E-state index is 0.245. The molecule has 0 aliphatic carbocycles. The van der Waals surface area contributed by atoms with Gasteiger partial charge in [0, 0.05) is 18.0 Å². The van der Waals surface area contributed by atoms with Crippen molar-refractivity contribution in [2.45, 2.75) is 19.8 Å². The van der Waals surface area contributed by atoms with E-state index in [-0.39, 0.29) is 6.09 Å². The van der Waals surface area contributed by atoms with E-state index in [0.717, 1.165) is 18.4 Å². The number of nitrogens with zero attached hydrogens (tertiary/aromatic N) is 1. The van der Waals surface area contributed by atoms with Gasteiger partial charge in [0.15, 0.2) is 0 Å². The fourth-order valence-electron chi connectivity index (χ4n) is 1.90. The molecule has 0 saturated heterocycles. The zero-order valence-electron chi connectivity index (χ0n) is 9.46. The van der Waals surface area contributed by atoms with Crippen LogP contribution in [0.25, 0.3) is 0 Å². The zero-order valence-corrected chi connectivity index (χ0v) is 11.8. The van der Waals surface area contributed by atoms with Gasteiger partial charge in [0.1, 0.15) is 4.34 Å². The monoisotopic (exact) mass is 293 g/mol. The first-order chi connectivity index (χ1) is 8.13. The van der Waals surface area contributed by atoms with Crippen molar-refractivity contribution in [2.75, 3.05) is 19.7 Å². The Kier molecular flexibility index (Phi) is 4.17. The topological polar surface area (TPSA) is 29.5 Å². The number of halogens is 2. The second-order valence-electron chi connectivity index (χ2n) is 3.78. The number of amides is 1. The van der Waals surface area contributed by atoms with E-state index in [9.17, 15) is 4.79 Å². The molecule has 0 bridgehead atoms. The van der Waals surface area contributed by atoms with Gasteiger partial charge in [-0.05, 0) is 25.3 Å². The van der Waals surface area contributed by atoms with Crippen molar-refractivity contribution >= 4 is 40.6 Å². The molecule has 2 rings (SSSR count). The molecule has 0 saturated carbocycles. The molecule has 1 aliphatic heterocycles. The fraction of sp³-hybridized carbons (Fsp3) is 0.545. The predicted molar refractivity (Wildman–Crippen MR) is 70.3 cm³/mol. The Hall–Kier alpha value is -0.450. The summed E-state index contributed by atoms with van der Waals surface area (Å²) in [6.07, 6.45) is 1.30. The maximum Gasteiger partial charge on any atom is 0.409 e. The van der Waals surface area contributed by atoms with Gasteiger partial charge in [-0.15, -0.1) is 11.3 Å². The number of thiophene rings is 1. The molecule has 6 heteroatoms. The zero-order chi connectivity index (χ0) is 12.4. The van der Waals surface area contributed by atoms with Gasteiger partial charge in [-0.25, -0.2) is 4.79 Å². The van der Waals surface area contributed by atoms with Crippen LogP contribution in [0.3, 0.4) is 0 Å². The molecule has 1 amide bonds. The first-order valence-corrected chi connectivity index (χ1v) is 7.08. The van der Waals surface area contributed by atoms with E-state index in [1.165, 1.54) is 16.2 Å². The molecule has 1 aromatic heterocycles. The lowest BCUT2D eigenvalue weighted by molar-refractivity contribution is 0.109. The first-order valence-electron chi connectivity index (χ1n) is 5.50. The number of carbonyl (C=O) groups is 1. The van der Waals surface area contributed by atoms with Crippen LogP contribution in [-0.2, 0) is 17.6 Å². The van der Waals surface area contributed by atoms with E-state index in [4.69, 9.17) is 27.9 Å². The van der Waals surface area contributed by atoms with Crippen molar-refractivity contribution in [1.82, 2.24) is 4.90 Å². The molecule has 17 heavy (non-hydrogen) atoms. The van der Waals surface area contributed by atoms with Crippen molar-refractivity contribution in [2.24, 2.45) is 0 Å². The van der Waals surface area contributed by atoms with E-state index in [2.05, 4.69) is 0 Å². The summed E-state index contributed by atoms with van der Waals surface area (Å²) in [6, 6.07) is 0. The average molecular weight is 294 g/mol. The van der Waals surface area contributed by atoms with Crippen LogP contribution >= 0.6 is 34.5 Å². The standard InChI is InChI=1S/C11H13Cl2NO2S/c1-2-16-11(15)14-5-3-7-8(4-6-14)17-10(13)9(7)12/h2-6H2,1H3. The van der Waals surface area contributed by atoms with E-state index >= 15 is 0 Å². The Bertz CT molecular complexity index is 433. The van der Waals surface area contributed by atoms with E-state index < -0.39 is 0 Å². The van der Waals surface area contributed by atoms with E-state index in [1.807, 2.05) is 6.92 Å². The Morgan fingerprint density at radius 2 is 2.12 bits per heavy atom. The number of carbonyl (C=O) groups excluding carboxylic acids is 1. The van der Waals surface area contributed by atoms with Gasteiger partial charge in [0.2, 0.25) is 0 Å². The summed E-state index contributed by atoms with van der Waals surface area (Å²) >= 11 is 13.6. The molecular weight excluding hydrogens is 281 g/mol. The second-order valence-corrected chi connectivity index (χ2v) is 5.86. The van der Waals surface area contributed by atoms with Crippen LogP contribution in [0.4, 0.5) is 4.79 Å². The third kappa shape index (κ3) is 2.69. The highest BCUT2D eigenvalue weighted by Crippen LogP contribution is 2.38. The molecule has 0 radical (unpaired) electrons. The second kappa shape index (κ2) is 5.46. The summed E-state index contributed by atoms with van der Waals surface area (Å²) in [6.45, 7) is 3.52. The molecule has 94 valence electrons. The third-order valence-electron chi connectivity index (χ3n) is 2.75. The molecule has 2 heterocycles. The molecule has 3 nitrogen and oxygen atoms in total. The lowest BCUT2D eigenvalue weighted by atomic mass is 10.2. The maximum atomic E-state index is 11.6. The van der Waals surface area contributed by atoms with Crippen LogP contribution in [0.2, 0.25) is 9.36 Å². The smallest absolute Gasteiger partial charge is 0.409 e. The number of hydrogen-bond acceptors (Lipinski definition) is 3. The molecule has 0 N–H and O–H groups in total. The lowest BCUT2D eigenvalue weighted by Crippen LogP contribution is -2.33. The Morgan fingerprint density at radius 1 is 1.41 bits per heavy atom. The highest BCUT2D eigenvalue weighted by atomic mass is 35.5. The van der Waals surface area contributed by atoms with Gasteiger partial charge in [-0.2, -0.15) is 0 Å². The summed E-state index contributed by atoms with van der Waals surface area (Å²) < 4.78 is 5.65.